The summed E-state index contributed by atoms with van der Waals surface area (Å²) in [5.74, 6) is 1.55. The zero-order valence-corrected chi connectivity index (χ0v) is 21.3. The van der Waals surface area contributed by atoms with E-state index in [1.807, 2.05) is 32.0 Å². The molecule has 1 fully saturated rings. The molecule has 8 heteroatoms. The van der Waals surface area contributed by atoms with Crippen molar-refractivity contribution < 1.29 is 33.6 Å². The van der Waals surface area contributed by atoms with E-state index in [1.165, 1.54) is 0 Å². The molecule has 0 spiro atoms. The average Bonchev–Trinajstić information content (AvgIpc) is 3.17. The lowest BCUT2D eigenvalue weighted by molar-refractivity contribution is -0.146. The normalized spacial score (nSPS) is 19.7. The van der Waals surface area contributed by atoms with Crippen molar-refractivity contribution in [1.29, 1.82) is 0 Å². The third-order valence-corrected chi connectivity index (χ3v) is 6.59. The number of hydrogen-bond donors (Lipinski definition) is 2. The SMILES string of the molecule is COCCCOc1cc(C[C@H](C[C@H](NC(=O)O)[C@@H]2C[C@@H](C(C)C)C(=O)O2)C(C)C)ccc1OC. The highest BCUT2D eigenvalue weighted by Crippen LogP contribution is 2.34. The first-order chi connectivity index (χ1) is 16.2. The van der Waals surface area contributed by atoms with Crippen LogP contribution in [0, 0.1) is 23.7 Å². The molecule has 1 aromatic carbocycles. The summed E-state index contributed by atoms with van der Waals surface area (Å²) in [7, 11) is 3.28. The molecule has 4 atom stereocenters. The van der Waals surface area contributed by atoms with Crippen LogP contribution in [0.4, 0.5) is 4.79 Å². The number of hydrogen-bond acceptors (Lipinski definition) is 6. The minimum Gasteiger partial charge on any atom is -0.493 e. The second-order valence-corrected chi connectivity index (χ2v) is 9.74. The highest BCUT2D eigenvalue weighted by atomic mass is 16.6. The number of carbonyl (C=O) groups excluding carboxylic acids is 1. The van der Waals surface area contributed by atoms with Crippen molar-refractivity contribution in [3.63, 3.8) is 0 Å². The molecule has 0 bridgehead atoms. The summed E-state index contributed by atoms with van der Waals surface area (Å²) in [5.41, 5.74) is 1.08. The fraction of sp³-hybridized carbons (Fsp3) is 0.692. The first-order valence-corrected chi connectivity index (χ1v) is 12.1. The third kappa shape index (κ3) is 8.08. The Morgan fingerprint density at radius 1 is 1.18 bits per heavy atom. The van der Waals surface area contributed by atoms with Gasteiger partial charge >= 0.3 is 12.1 Å². The molecule has 1 saturated heterocycles. The van der Waals surface area contributed by atoms with Gasteiger partial charge in [0.05, 0.1) is 25.7 Å². The minimum absolute atomic E-state index is 0.158. The van der Waals surface area contributed by atoms with Gasteiger partial charge in [0.25, 0.3) is 0 Å². The number of benzene rings is 1. The molecule has 1 aromatic rings. The maximum Gasteiger partial charge on any atom is 0.405 e. The van der Waals surface area contributed by atoms with E-state index in [-0.39, 0.29) is 23.7 Å². The van der Waals surface area contributed by atoms with Crippen LogP contribution >= 0.6 is 0 Å². The van der Waals surface area contributed by atoms with Gasteiger partial charge in [-0.3, -0.25) is 4.79 Å². The molecule has 0 aliphatic carbocycles. The van der Waals surface area contributed by atoms with E-state index in [4.69, 9.17) is 18.9 Å². The predicted molar refractivity (Wildman–Crippen MR) is 129 cm³/mol. The average molecular weight is 480 g/mol. The number of ether oxygens (including phenoxy) is 4. The maximum atomic E-state index is 12.3. The molecule has 8 nitrogen and oxygen atoms in total. The lowest BCUT2D eigenvalue weighted by Gasteiger charge is -2.29. The molecule has 1 aliphatic heterocycles. The molecule has 192 valence electrons. The molecule has 0 aromatic heterocycles. The molecule has 0 unspecified atom stereocenters. The Kier molecular flexibility index (Phi) is 11.0. The van der Waals surface area contributed by atoms with Crippen LogP contribution in [0.2, 0.25) is 0 Å². The van der Waals surface area contributed by atoms with E-state index in [2.05, 4.69) is 19.2 Å². The van der Waals surface area contributed by atoms with Crippen LogP contribution in [0.25, 0.3) is 0 Å². The second kappa shape index (κ2) is 13.4. The van der Waals surface area contributed by atoms with Crippen molar-refractivity contribution in [2.75, 3.05) is 27.4 Å². The highest BCUT2D eigenvalue weighted by Gasteiger charge is 2.41. The van der Waals surface area contributed by atoms with E-state index in [9.17, 15) is 14.7 Å². The van der Waals surface area contributed by atoms with Gasteiger partial charge in [-0.25, -0.2) is 4.79 Å². The number of methoxy groups -OCH3 is 2. The predicted octanol–water partition coefficient (Wildman–Crippen LogP) is 4.54. The summed E-state index contributed by atoms with van der Waals surface area (Å²) in [6.45, 7) is 9.39. The van der Waals surface area contributed by atoms with Gasteiger partial charge in [0.2, 0.25) is 0 Å². The molecule has 0 radical (unpaired) electrons. The number of carbonyl (C=O) groups is 2. The molecule has 34 heavy (non-hydrogen) atoms. The molecular formula is C26H41NO7. The van der Waals surface area contributed by atoms with Crippen molar-refractivity contribution in [1.82, 2.24) is 5.32 Å². The van der Waals surface area contributed by atoms with Crippen LogP contribution in [0.15, 0.2) is 18.2 Å². The molecule has 1 aliphatic rings. The smallest absolute Gasteiger partial charge is 0.405 e. The van der Waals surface area contributed by atoms with Gasteiger partial charge in [-0.15, -0.1) is 0 Å². The summed E-state index contributed by atoms with van der Waals surface area (Å²) in [4.78, 5) is 23.9. The Labute approximate surface area is 203 Å². The van der Waals surface area contributed by atoms with Crippen LogP contribution in [-0.4, -0.2) is 56.7 Å². The number of carboxylic acid groups (broad SMARTS) is 1. The van der Waals surface area contributed by atoms with Gasteiger partial charge in [-0.05, 0) is 54.7 Å². The number of amides is 1. The number of nitrogens with one attached hydrogen (secondary N) is 1. The van der Waals surface area contributed by atoms with E-state index >= 15 is 0 Å². The molecule has 2 rings (SSSR count). The molecule has 1 amide bonds. The van der Waals surface area contributed by atoms with Gasteiger partial charge in [0.1, 0.15) is 6.10 Å². The largest absolute Gasteiger partial charge is 0.493 e. The highest BCUT2D eigenvalue weighted by molar-refractivity contribution is 5.75. The lowest BCUT2D eigenvalue weighted by atomic mass is 9.81. The Hall–Kier alpha value is -2.48. The summed E-state index contributed by atoms with van der Waals surface area (Å²) in [6, 6.07) is 5.45. The molecule has 2 N–H and O–H groups in total. The third-order valence-electron chi connectivity index (χ3n) is 6.59. The lowest BCUT2D eigenvalue weighted by Crippen LogP contribution is -2.44. The Bertz CT molecular complexity index is 795. The Balaban J connectivity index is 2.16. The maximum absolute atomic E-state index is 12.3. The molecule has 0 saturated carbocycles. The van der Waals surface area contributed by atoms with Gasteiger partial charge in [-0.1, -0.05) is 33.8 Å². The van der Waals surface area contributed by atoms with Gasteiger partial charge in [-0.2, -0.15) is 0 Å². The fourth-order valence-electron chi connectivity index (χ4n) is 4.45. The Morgan fingerprint density at radius 2 is 1.91 bits per heavy atom. The van der Waals surface area contributed by atoms with Crippen LogP contribution in [0.1, 0.15) is 52.5 Å². The number of cyclic esters (lactones) is 1. The van der Waals surface area contributed by atoms with Crippen molar-refractivity contribution in [2.45, 2.75) is 65.5 Å². The van der Waals surface area contributed by atoms with Gasteiger partial charge in [0, 0.05) is 20.1 Å². The summed E-state index contributed by atoms with van der Waals surface area (Å²) in [5, 5.41) is 12.1. The first-order valence-electron chi connectivity index (χ1n) is 12.1. The van der Waals surface area contributed by atoms with E-state index in [0.29, 0.717) is 43.5 Å². The number of rotatable bonds is 14. The van der Waals surface area contributed by atoms with E-state index in [1.54, 1.807) is 14.2 Å². The molecular weight excluding hydrogens is 438 g/mol. The van der Waals surface area contributed by atoms with E-state index < -0.39 is 18.2 Å². The van der Waals surface area contributed by atoms with Crippen molar-refractivity contribution >= 4 is 12.1 Å². The summed E-state index contributed by atoms with van der Waals surface area (Å²) < 4.78 is 22.1. The zero-order chi connectivity index (χ0) is 25.3. The van der Waals surface area contributed by atoms with Crippen molar-refractivity contribution in [3.8, 4) is 11.5 Å². The van der Waals surface area contributed by atoms with Crippen LogP contribution in [-0.2, 0) is 20.7 Å². The monoisotopic (exact) mass is 479 g/mol. The van der Waals surface area contributed by atoms with Crippen LogP contribution in [0.5, 0.6) is 11.5 Å². The summed E-state index contributed by atoms with van der Waals surface area (Å²) >= 11 is 0. The van der Waals surface area contributed by atoms with Gasteiger partial charge in [0.15, 0.2) is 11.5 Å². The standard InChI is InChI=1S/C26H41NO7/c1-16(2)19(12-18-8-9-22(32-6)24(13-18)33-11-7-10-31-5)14-21(27-26(29)30)23-15-20(17(3)4)25(28)34-23/h8-9,13,16-17,19-21,23,27H,7,10-12,14-15H2,1-6H3,(H,29,30)/t19-,20+,21+,23+/m1/s1. The van der Waals surface area contributed by atoms with Crippen LogP contribution in [0.3, 0.4) is 0 Å². The van der Waals surface area contributed by atoms with Crippen molar-refractivity contribution in [2.24, 2.45) is 23.7 Å². The molecule has 1 heterocycles. The van der Waals surface area contributed by atoms with E-state index in [0.717, 1.165) is 18.4 Å². The van der Waals surface area contributed by atoms with Gasteiger partial charge < -0.3 is 29.4 Å². The minimum atomic E-state index is -1.10. The quantitative estimate of drug-likeness (QED) is 0.298. The zero-order valence-electron chi connectivity index (χ0n) is 21.3. The Morgan fingerprint density at radius 3 is 2.47 bits per heavy atom. The summed E-state index contributed by atoms with van der Waals surface area (Å²) in [6.07, 6.45) is 1.07. The van der Waals surface area contributed by atoms with Crippen molar-refractivity contribution in [3.05, 3.63) is 23.8 Å². The number of esters is 1. The fourth-order valence-corrected chi connectivity index (χ4v) is 4.45. The first kappa shape index (κ1) is 27.8. The topological polar surface area (TPSA) is 103 Å². The second-order valence-electron chi connectivity index (χ2n) is 9.74. The van der Waals surface area contributed by atoms with Crippen LogP contribution < -0.4 is 14.8 Å².